The first kappa shape index (κ1) is 15.5. The minimum atomic E-state index is 0.515. The maximum absolute atomic E-state index is 5.46. The molecule has 0 aliphatic heterocycles. The third-order valence-electron chi connectivity index (χ3n) is 2.79. The van der Waals surface area contributed by atoms with E-state index in [1.807, 2.05) is 0 Å². The molecule has 1 aromatic carbocycles. The number of rotatable bonds is 6. The van der Waals surface area contributed by atoms with Crippen LogP contribution in [0.3, 0.4) is 0 Å². The first-order valence-corrected chi connectivity index (χ1v) is 7.02. The van der Waals surface area contributed by atoms with E-state index in [-0.39, 0.29) is 0 Å². The highest BCUT2D eigenvalue weighted by molar-refractivity contribution is 5.93. The largest absolute Gasteiger partial charge is 0.325 e. The van der Waals surface area contributed by atoms with Gasteiger partial charge in [-0.2, -0.15) is 0 Å². The SMILES string of the molecule is CCCCc1ccc(NC(=NCC(C)C)NN)cc1. The summed E-state index contributed by atoms with van der Waals surface area (Å²) in [6.45, 7) is 7.21. The molecule has 0 amide bonds. The van der Waals surface area contributed by atoms with Gasteiger partial charge < -0.3 is 5.32 Å². The number of unbranched alkanes of at least 4 members (excludes halogenated alkanes) is 1. The van der Waals surface area contributed by atoms with Gasteiger partial charge in [-0.1, -0.05) is 39.3 Å². The number of hydrogen-bond acceptors (Lipinski definition) is 2. The van der Waals surface area contributed by atoms with Crippen LogP contribution in [0.2, 0.25) is 0 Å². The highest BCUT2D eigenvalue weighted by Crippen LogP contribution is 2.11. The summed E-state index contributed by atoms with van der Waals surface area (Å²) in [6.07, 6.45) is 3.60. The van der Waals surface area contributed by atoms with Crippen molar-refractivity contribution in [2.24, 2.45) is 16.8 Å². The molecule has 0 spiro atoms. The molecule has 0 radical (unpaired) electrons. The van der Waals surface area contributed by atoms with Crippen LogP contribution in [0.15, 0.2) is 29.3 Å². The highest BCUT2D eigenvalue weighted by atomic mass is 15.3. The summed E-state index contributed by atoms with van der Waals surface area (Å²) in [5.41, 5.74) is 4.96. The Morgan fingerprint density at radius 3 is 2.47 bits per heavy atom. The van der Waals surface area contributed by atoms with Gasteiger partial charge in [-0.05, 0) is 36.5 Å². The number of nitrogens with one attached hydrogen (secondary N) is 2. The van der Waals surface area contributed by atoms with Crippen molar-refractivity contribution in [3.8, 4) is 0 Å². The molecule has 0 aliphatic carbocycles. The molecule has 0 atom stereocenters. The maximum atomic E-state index is 5.46. The van der Waals surface area contributed by atoms with Gasteiger partial charge in [-0.15, -0.1) is 0 Å². The quantitative estimate of drug-likeness (QED) is 0.320. The Hall–Kier alpha value is -1.55. The Balaban J connectivity index is 2.57. The van der Waals surface area contributed by atoms with E-state index in [0.29, 0.717) is 11.9 Å². The number of hydrogen-bond donors (Lipinski definition) is 3. The number of benzene rings is 1. The zero-order valence-electron chi connectivity index (χ0n) is 12.2. The third kappa shape index (κ3) is 6.25. The second kappa shape index (κ2) is 8.53. The minimum absolute atomic E-state index is 0.515. The Bertz CT molecular complexity index is 382. The summed E-state index contributed by atoms with van der Waals surface area (Å²) >= 11 is 0. The number of nitrogens with zero attached hydrogens (tertiary/aromatic N) is 1. The molecule has 0 aliphatic rings. The zero-order chi connectivity index (χ0) is 14.1. The van der Waals surface area contributed by atoms with E-state index >= 15 is 0 Å². The van der Waals surface area contributed by atoms with Gasteiger partial charge in [-0.3, -0.25) is 10.4 Å². The van der Waals surface area contributed by atoms with Gasteiger partial charge in [0.15, 0.2) is 0 Å². The topological polar surface area (TPSA) is 62.4 Å². The fourth-order valence-electron chi connectivity index (χ4n) is 1.67. The molecule has 4 N–H and O–H groups in total. The van der Waals surface area contributed by atoms with E-state index in [1.165, 1.54) is 18.4 Å². The average Bonchev–Trinajstić information content (AvgIpc) is 2.42. The normalized spacial score (nSPS) is 11.7. The van der Waals surface area contributed by atoms with Gasteiger partial charge in [0.1, 0.15) is 0 Å². The summed E-state index contributed by atoms with van der Waals surface area (Å²) < 4.78 is 0. The number of aliphatic imine (C=N–C) groups is 1. The lowest BCUT2D eigenvalue weighted by atomic mass is 10.1. The van der Waals surface area contributed by atoms with Crippen LogP contribution in [-0.4, -0.2) is 12.5 Å². The van der Waals surface area contributed by atoms with Crippen molar-refractivity contribution in [3.63, 3.8) is 0 Å². The molecule has 4 nitrogen and oxygen atoms in total. The molecule has 0 fully saturated rings. The van der Waals surface area contributed by atoms with Gasteiger partial charge in [-0.25, -0.2) is 5.84 Å². The molecule has 106 valence electrons. The van der Waals surface area contributed by atoms with E-state index < -0.39 is 0 Å². The van der Waals surface area contributed by atoms with E-state index in [1.54, 1.807) is 0 Å². The van der Waals surface area contributed by atoms with Crippen molar-refractivity contribution in [2.45, 2.75) is 40.0 Å². The summed E-state index contributed by atoms with van der Waals surface area (Å²) in [5.74, 6) is 6.58. The highest BCUT2D eigenvalue weighted by Gasteiger charge is 1.99. The molecule has 0 saturated heterocycles. The van der Waals surface area contributed by atoms with Crippen LogP contribution in [0.4, 0.5) is 5.69 Å². The second-order valence-electron chi connectivity index (χ2n) is 5.15. The summed E-state index contributed by atoms with van der Waals surface area (Å²) in [4.78, 5) is 4.38. The average molecular weight is 262 g/mol. The summed E-state index contributed by atoms with van der Waals surface area (Å²) in [7, 11) is 0. The number of aryl methyl sites for hydroxylation is 1. The van der Waals surface area contributed by atoms with Crippen LogP contribution in [0.25, 0.3) is 0 Å². The fraction of sp³-hybridized carbons (Fsp3) is 0.533. The van der Waals surface area contributed by atoms with E-state index in [0.717, 1.165) is 18.7 Å². The third-order valence-corrected chi connectivity index (χ3v) is 2.79. The Labute approximate surface area is 116 Å². The van der Waals surface area contributed by atoms with Gasteiger partial charge in [0.05, 0.1) is 0 Å². The van der Waals surface area contributed by atoms with Crippen LogP contribution in [0, 0.1) is 5.92 Å². The number of hydrazine groups is 1. The van der Waals surface area contributed by atoms with Crippen LogP contribution in [0.5, 0.6) is 0 Å². The van der Waals surface area contributed by atoms with Crippen molar-refractivity contribution < 1.29 is 0 Å². The Morgan fingerprint density at radius 2 is 1.95 bits per heavy atom. The minimum Gasteiger partial charge on any atom is -0.325 e. The lowest BCUT2D eigenvalue weighted by Gasteiger charge is -2.10. The van der Waals surface area contributed by atoms with E-state index in [2.05, 4.69) is 60.8 Å². The molecule has 4 heteroatoms. The van der Waals surface area contributed by atoms with Crippen molar-refractivity contribution >= 4 is 11.6 Å². The lowest BCUT2D eigenvalue weighted by Crippen LogP contribution is -2.36. The summed E-state index contributed by atoms with van der Waals surface area (Å²) in [6, 6.07) is 8.42. The standard InChI is InChI=1S/C15H26N4/c1-4-5-6-13-7-9-14(10-8-13)18-15(19-16)17-11-12(2)3/h7-10,12H,4-6,11,16H2,1-3H3,(H2,17,18,19). The number of anilines is 1. The predicted molar refractivity (Wildman–Crippen MR) is 83.1 cm³/mol. The summed E-state index contributed by atoms with van der Waals surface area (Å²) in [5, 5.41) is 3.18. The van der Waals surface area contributed by atoms with Crippen molar-refractivity contribution in [1.29, 1.82) is 0 Å². The van der Waals surface area contributed by atoms with E-state index in [4.69, 9.17) is 5.84 Å². The molecule has 0 saturated carbocycles. The Kier molecular flexibility index (Phi) is 6.97. The first-order valence-electron chi connectivity index (χ1n) is 7.02. The van der Waals surface area contributed by atoms with Crippen molar-refractivity contribution in [3.05, 3.63) is 29.8 Å². The smallest absolute Gasteiger partial charge is 0.210 e. The van der Waals surface area contributed by atoms with Crippen LogP contribution < -0.4 is 16.6 Å². The van der Waals surface area contributed by atoms with Crippen LogP contribution in [-0.2, 0) is 6.42 Å². The number of nitrogens with two attached hydrogens (primary N) is 1. The number of guanidine groups is 1. The van der Waals surface area contributed by atoms with E-state index in [9.17, 15) is 0 Å². The van der Waals surface area contributed by atoms with Crippen LogP contribution in [0.1, 0.15) is 39.2 Å². The molecule has 0 aromatic heterocycles. The fourth-order valence-corrected chi connectivity index (χ4v) is 1.67. The van der Waals surface area contributed by atoms with Gasteiger partial charge in [0.2, 0.25) is 5.96 Å². The first-order chi connectivity index (χ1) is 9.15. The second-order valence-corrected chi connectivity index (χ2v) is 5.15. The molecule has 0 unspecified atom stereocenters. The molecule has 1 rings (SSSR count). The van der Waals surface area contributed by atoms with Crippen molar-refractivity contribution in [1.82, 2.24) is 5.43 Å². The van der Waals surface area contributed by atoms with Crippen LogP contribution >= 0.6 is 0 Å². The van der Waals surface area contributed by atoms with Gasteiger partial charge in [0, 0.05) is 12.2 Å². The zero-order valence-corrected chi connectivity index (χ0v) is 12.2. The maximum Gasteiger partial charge on any atom is 0.210 e. The molecule has 1 aromatic rings. The molecule has 19 heavy (non-hydrogen) atoms. The van der Waals surface area contributed by atoms with Crippen molar-refractivity contribution in [2.75, 3.05) is 11.9 Å². The lowest BCUT2D eigenvalue weighted by molar-refractivity contribution is 0.663. The monoisotopic (exact) mass is 262 g/mol. The predicted octanol–water partition coefficient (Wildman–Crippen LogP) is 2.92. The molecule has 0 bridgehead atoms. The van der Waals surface area contributed by atoms with Gasteiger partial charge in [0.25, 0.3) is 0 Å². The van der Waals surface area contributed by atoms with Gasteiger partial charge >= 0.3 is 0 Å². The Morgan fingerprint density at radius 1 is 1.26 bits per heavy atom. The molecular weight excluding hydrogens is 236 g/mol. The molecular formula is C15H26N4. The molecule has 0 heterocycles.